The molecule has 0 unspecified atom stereocenters. The lowest BCUT2D eigenvalue weighted by Gasteiger charge is -2.03. The zero-order chi connectivity index (χ0) is 12.4. The maximum atomic E-state index is 5.62. The largest absolute Gasteiger partial charge is 0.330 e. The first-order valence-corrected chi connectivity index (χ1v) is 7.20. The molecule has 5 heteroatoms. The van der Waals surface area contributed by atoms with Crippen molar-refractivity contribution in [3.8, 4) is 0 Å². The minimum Gasteiger partial charge on any atom is -0.330 e. The van der Waals surface area contributed by atoms with Crippen LogP contribution in [0.15, 0.2) is 15.9 Å². The van der Waals surface area contributed by atoms with Gasteiger partial charge in [-0.1, -0.05) is 0 Å². The summed E-state index contributed by atoms with van der Waals surface area (Å²) < 4.78 is 3.23. The topological polar surface area (TPSA) is 43.8 Å². The molecule has 0 radical (unpaired) electrons. The van der Waals surface area contributed by atoms with Crippen molar-refractivity contribution in [3.05, 3.63) is 37.7 Å². The lowest BCUT2D eigenvalue weighted by molar-refractivity contribution is 0.665. The van der Waals surface area contributed by atoms with Gasteiger partial charge in [0.25, 0.3) is 0 Å². The number of hydrogen-bond donors (Lipinski definition) is 1. The third-order valence-electron chi connectivity index (χ3n) is 2.86. The summed E-state index contributed by atoms with van der Waals surface area (Å²) in [6.07, 6.45) is 0.909. The molecule has 0 saturated heterocycles. The average Bonchev–Trinajstić information content (AvgIpc) is 2.79. The molecule has 2 rings (SSSR count). The van der Waals surface area contributed by atoms with E-state index < -0.39 is 0 Å². The highest BCUT2D eigenvalue weighted by atomic mass is 79.9. The fourth-order valence-electron chi connectivity index (χ4n) is 1.98. The Balaban J connectivity index is 2.24. The van der Waals surface area contributed by atoms with Crippen molar-refractivity contribution in [2.24, 2.45) is 5.73 Å². The minimum absolute atomic E-state index is 0.678. The second-order valence-electron chi connectivity index (χ2n) is 4.05. The quantitative estimate of drug-likeness (QED) is 0.943. The molecule has 0 aromatic carbocycles. The third kappa shape index (κ3) is 2.78. The molecule has 0 bridgehead atoms. The molecule has 2 heterocycles. The molecule has 0 spiro atoms. The van der Waals surface area contributed by atoms with E-state index in [4.69, 9.17) is 5.73 Å². The maximum absolute atomic E-state index is 5.62. The van der Waals surface area contributed by atoms with Gasteiger partial charge in [-0.2, -0.15) is 5.10 Å². The predicted octanol–water partition coefficient (Wildman–Crippen LogP) is 2.87. The molecule has 0 saturated carbocycles. The van der Waals surface area contributed by atoms with E-state index in [1.165, 1.54) is 16.1 Å². The third-order valence-corrected chi connectivity index (χ3v) is 4.47. The molecule has 0 aliphatic carbocycles. The van der Waals surface area contributed by atoms with E-state index in [0.29, 0.717) is 6.54 Å². The van der Waals surface area contributed by atoms with E-state index in [0.717, 1.165) is 22.4 Å². The van der Waals surface area contributed by atoms with Crippen LogP contribution in [0.25, 0.3) is 0 Å². The molecule has 0 amide bonds. The van der Waals surface area contributed by atoms with Crippen LogP contribution in [0.5, 0.6) is 0 Å². The Kier molecular flexibility index (Phi) is 4.01. The van der Waals surface area contributed by atoms with Crippen molar-refractivity contribution in [3.63, 3.8) is 0 Å². The van der Waals surface area contributed by atoms with E-state index in [-0.39, 0.29) is 0 Å². The zero-order valence-electron chi connectivity index (χ0n) is 10.0. The number of hydrogen-bond acceptors (Lipinski definition) is 3. The number of halogens is 1. The molecule has 0 aliphatic rings. The Bertz CT molecular complexity index is 516. The number of thiophene rings is 1. The average molecular weight is 314 g/mol. The molecule has 3 nitrogen and oxygen atoms in total. The summed E-state index contributed by atoms with van der Waals surface area (Å²) >= 11 is 5.23. The molecule has 2 N–H and O–H groups in total. The Morgan fingerprint density at radius 1 is 1.41 bits per heavy atom. The Morgan fingerprint density at radius 2 is 2.18 bits per heavy atom. The summed E-state index contributed by atoms with van der Waals surface area (Å²) in [6.45, 7) is 5.69. The van der Waals surface area contributed by atoms with E-state index in [2.05, 4.69) is 51.7 Å². The maximum Gasteiger partial charge on any atom is 0.0755 e. The molecule has 2 aromatic rings. The lowest BCUT2D eigenvalue weighted by atomic mass is 10.1. The van der Waals surface area contributed by atoms with Gasteiger partial charge in [0.05, 0.1) is 16.0 Å². The fraction of sp³-hybridized carbons (Fsp3) is 0.417. The predicted molar refractivity (Wildman–Crippen MR) is 75.6 cm³/mol. The molecular weight excluding hydrogens is 298 g/mol. The van der Waals surface area contributed by atoms with Gasteiger partial charge in [-0.05, 0) is 60.4 Å². The molecular formula is C12H16BrN3S. The van der Waals surface area contributed by atoms with Gasteiger partial charge in [0.15, 0.2) is 0 Å². The van der Waals surface area contributed by atoms with Crippen molar-refractivity contribution < 1.29 is 0 Å². The van der Waals surface area contributed by atoms with Crippen LogP contribution >= 0.6 is 27.3 Å². The van der Waals surface area contributed by atoms with Gasteiger partial charge < -0.3 is 5.73 Å². The highest BCUT2D eigenvalue weighted by Gasteiger charge is 2.11. The van der Waals surface area contributed by atoms with Crippen molar-refractivity contribution >= 4 is 27.3 Å². The summed E-state index contributed by atoms with van der Waals surface area (Å²) in [6, 6.07) is 4.21. The van der Waals surface area contributed by atoms with Crippen molar-refractivity contribution in [1.82, 2.24) is 9.78 Å². The van der Waals surface area contributed by atoms with E-state index in [1.54, 1.807) is 11.3 Å². The van der Waals surface area contributed by atoms with Gasteiger partial charge in [0.2, 0.25) is 0 Å². The lowest BCUT2D eigenvalue weighted by Crippen LogP contribution is -2.06. The van der Waals surface area contributed by atoms with Gasteiger partial charge in [-0.3, -0.25) is 4.68 Å². The van der Waals surface area contributed by atoms with Gasteiger partial charge in [0.1, 0.15) is 0 Å². The van der Waals surface area contributed by atoms with E-state index >= 15 is 0 Å². The van der Waals surface area contributed by atoms with Crippen molar-refractivity contribution in [1.29, 1.82) is 0 Å². The second-order valence-corrected chi connectivity index (χ2v) is 6.60. The van der Waals surface area contributed by atoms with Crippen LogP contribution in [0.3, 0.4) is 0 Å². The summed E-state index contributed by atoms with van der Waals surface area (Å²) in [4.78, 5) is 1.31. The van der Waals surface area contributed by atoms with Gasteiger partial charge in [0, 0.05) is 10.6 Å². The Labute approximate surface area is 114 Å². The van der Waals surface area contributed by atoms with Crippen LogP contribution in [0.4, 0.5) is 0 Å². The number of aryl methyl sites for hydroxylation is 1. The number of nitrogens with zero attached hydrogens (tertiary/aromatic N) is 2. The zero-order valence-corrected chi connectivity index (χ0v) is 12.4. The number of rotatable bonds is 4. The first-order chi connectivity index (χ1) is 8.11. The second kappa shape index (κ2) is 5.33. The molecule has 92 valence electrons. The minimum atomic E-state index is 0.678. The van der Waals surface area contributed by atoms with Crippen LogP contribution in [0, 0.1) is 13.8 Å². The van der Waals surface area contributed by atoms with Crippen LogP contribution in [0.1, 0.15) is 21.8 Å². The van der Waals surface area contributed by atoms with Crippen LogP contribution in [0.2, 0.25) is 0 Å². The highest BCUT2D eigenvalue weighted by Crippen LogP contribution is 2.24. The first-order valence-electron chi connectivity index (χ1n) is 5.59. The molecule has 17 heavy (non-hydrogen) atoms. The van der Waals surface area contributed by atoms with Crippen molar-refractivity contribution in [2.45, 2.75) is 26.8 Å². The summed E-state index contributed by atoms with van der Waals surface area (Å²) in [5.74, 6) is 0. The fourth-order valence-corrected chi connectivity index (χ4v) is 3.44. The molecule has 0 aliphatic heterocycles. The highest BCUT2D eigenvalue weighted by molar-refractivity contribution is 9.11. The van der Waals surface area contributed by atoms with E-state index in [9.17, 15) is 0 Å². The Hall–Kier alpha value is -0.650. The van der Waals surface area contributed by atoms with Gasteiger partial charge in [-0.15, -0.1) is 11.3 Å². The molecule has 0 atom stereocenters. The normalized spacial score (nSPS) is 11.1. The standard InChI is InChI=1S/C12H16BrN3S/c1-8-11(5-6-14)9(2)16(15-8)7-10-3-4-12(13)17-10/h3-4H,5-7,14H2,1-2H3. The summed E-state index contributed by atoms with van der Waals surface area (Å²) in [5.41, 5.74) is 9.25. The van der Waals surface area contributed by atoms with Crippen LogP contribution < -0.4 is 5.73 Å². The van der Waals surface area contributed by atoms with Gasteiger partial charge in [-0.25, -0.2) is 0 Å². The molecule has 0 fully saturated rings. The number of aromatic nitrogens is 2. The SMILES string of the molecule is Cc1nn(Cc2ccc(Br)s2)c(C)c1CCN. The smallest absolute Gasteiger partial charge is 0.0755 e. The van der Waals surface area contributed by atoms with Crippen LogP contribution in [-0.4, -0.2) is 16.3 Å². The number of nitrogens with two attached hydrogens (primary N) is 1. The summed E-state index contributed by atoms with van der Waals surface area (Å²) in [7, 11) is 0. The molecule has 2 aromatic heterocycles. The van der Waals surface area contributed by atoms with Crippen LogP contribution in [-0.2, 0) is 13.0 Å². The first kappa shape index (κ1) is 12.8. The van der Waals surface area contributed by atoms with E-state index in [1.807, 2.05) is 0 Å². The van der Waals surface area contributed by atoms with Gasteiger partial charge >= 0.3 is 0 Å². The van der Waals surface area contributed by atoms with Crippen molar-refractivity contribution in [2.75, 3.05) is 6.54 Å². The summed E-state index contributed by atoms with van der Waals surface area (Å²) in [5, 5.41) is 4.59. The monoisotopic (exact) mass is 313 g/mol. The Morgan fingerprint density at radius 3 is 2.76 bits per heavy atom.